The van der Waals surface area contributed by atoms with Crippen molar-refractivity contribution in [3.05, 3.63) is 28.0 Å². The molecule has 20 heavy (non-hydrogen) atoms. The van der Waals surface area contributed by atoms with E-state index in [4.69, 9.17) is 23.8 Å². The molecule has 1 aromatic heterocycles. The molecule has 0 radical (unpaired) electrons. The number of hydrogen-bond donors (Lipinski definition) is 2. The summed E-state index contributed by atoms with van der Waals surface area (Å²) >= 11 is 11.3. The van der Waals surface area contributed by atoms with Gasteiger partial charge in [0.2, 0.25) is 5.91 Å². The lowest BCUT2D eigenvalue weighted by atomic mass is 10.2. The Kier molecular flexibility index (Phi) is 4.83. The summed E-state index contributed by atoms with van der Waals surface area (Å²) in [5, 5.41) is 3.61. The molecule has 4 nitrogen and oxygen atoms in total. The number of nitrogens with zero attached hydrogens (tertiary/aromatic N) is 1. The highest BCUT2D eigenvalue weighted by molar-refractivity contribution is 7.71. The second-order valence-electron chi connectivity index (χ2n) is 4.87. The predicted molar refractivity (Wildman–Crippen MR) is 84.6 cm³/mol. The van der Waals surface area contributed by atoms with Crippen molar-refractivity contribution >= 4 is 40.8 Å². The minimum Gasteiger partial charge on any atom is -0.354 e. The number of H-pyrrole nitrogens is 1. The lowest BCUT2D eigenvalue weighted by Crippen LogP contribution is -2.32. The lowest BCUT2D eigenvalue weighted by Gasteiger charge is -2.11. The van der Waals surface area contributed by atoms with Gasteiger partial charge in [0, 0.05) is 24.0 Å². The van der Waals surface area contributed by atoms with Crippen LogP contribution < -0.4 is 5.32 Å². The topological polar surface area (TPSA) is 49.8 Å². The molecular weight excluding hydrogens is 294 g/mol. The van der Waals surface area contributed by atoms with Crippen LogP contribution in [0.15, 0.2) is 18.2 Å². The first kappa shape index (κ1) is 15.1. The number of imidazole rings is 1. The van der Waals surface area contributed by atoms with Gasteiger partial charge in [0.1, 0.15) is 0 Å². The van der Waals surface area contributed by atoms with Gasteiger partial charge in [0.15, 0.2) is 4.77 Å². The molecule has 0 spiro atoms. The summed E-state index contributed by atoms with van der Waals surface area (Å²) in [7, 11) is 0. The Balaban J connectivity index is 2.14. The van der Waals surface area contributed by atoms with Gasteiger partial charge in [-0.2, -0.15) is 0 Å². The fourth-order valence-electron chi connectivity index (χ4n) is 2.01. The Labute approximate surface area is 128 Å². The number of hydrogen-bond acceptors (Lipinski definition) is 2. The third kappa shape index (κ3) is 3.41. The normalized spacial score (nSPS) is 12.6. The number of amides is 1. The van der Waals surface area contributed by atoms with E-state index in [1.165, 1.54) is 0 Å². The molecular formula is C14H18ClN3OS. The predicted octanol–water partition coefficient (Wildman–Crippen LogP) is 3.66. The van der Waals surface area contributed by atoms with E-state index in [1.807, 2.05) is 36.6 Å². The van der Waals surface area contributed by atoms with Crippen LogP contribution >= 0.6 is 23.8 Å². The lowest BCUT2D eigenvalue weighted by molar-refractivity contribution is -0.121. The van der Waals surface area contributed by atoms with E-state index >= 15 is 0 Å². The number of carbonyl (C=O) groups is 1. The molecule has 108 valence electrons. The maximum absolute atomic E-state index is 11.8. The Bertz CT molecular complexity index is 677. The Morgan fingerprint density at radius 3 is 3.00 bits per heavy atom. The zero-order valence-electron chi connectivity index (χ0n) is 11.6. The number of nitrogens with one attached hydrogen (secondary N) is 2. The summed E-state index contributed by atoms with van der Waals surface area (Å²) in [6.07, 6.45) is 1.33. The average Bonchev–Trinajstić information content (AvgIpc) is 2.71. The maximum Gasteiger partial charge on any atom is 0.222 e. The summed E-state index contributed by atoms with van der Waals surface area (Å²) in [6.45, 7) is 4.58. The molecule has 1 amide bonds. The molecule has 0 fully saturated rings. The van der Waals surface area contributed by atoms with E-state index in [-0.39, 0.29) is 11.9 Å². The van der Waals surface area contributed by atoms with Crippen molar-refractivity contribution in [2.45, 2.75) is 39.3 Å². The number of aryl methyl sites for hydroxylation is 1. The van der Waals surface area contributed by atoms with Gasteiger partial charge in [-0.15, -0.1) is 0 Å². The molecule has 1 heterocycles. The van der Waals surface area contributed by atoms with Crippen molar-refractivity contribution in [2.75, 3.05) is 0 Å². The fraction of sp³-hybridized carbons (Fsp3) is 0.429. The van der Waals surface area contributed by atoms with Gasteiger partial charge in [-0.25, -0.2) is 0 Å². The van der Waals surface area contributed by atoms with Crippen LogP contribution in [0.3, 0.4) is 0 Å². The van der Waals surface area contributed by atoms with E-state index in [9.17, 15) is 4.79 Å². The van der Waals surface area contributed by atoms with Crippen LogP contribution in [-0.2, 0) is 11.3 Å². The molecule has 6 heteroatoms. The minimum atomic E-state index is 0.0395. The van der Waals surface area contributed by atoms with Gasteiger partial charge >= 0.3 is 0 Å². The van der Waals surface area contributed by atoms with Gasteiger partial charge in [0.25, 0.3) is 0 Å². The quantitative estimate of drug-likeness (QED) is 0.828. The average molecular weight is 312 g/mol. The van der Waals surface area contributed by atoms with Crippen molar-refractivity contribution in [3.63, 3.8) is 0 Å². The molecule has 1 atom stereocenters. The molecule has 0 aliphatic heterocycles. The zero-order valence-corrected chi connectivity index (χ0v) is 13.1. The van der Waals surface area contributed by atoms with Crippen molar-refractivity contribution in [2.24, 2.45) is 0 Å². The number of rotatable bonds is 5. The van der Waals surface area contributed by atoms with Crippen LogP contribution in [0.2, 0.25) is 5.02 Å². The van der Waals surface area contributed by atoms with Crippen molar-refractivity contribution in [1.29, 1.82) is 0 Å². The minimum absolute atomic E-state index is 0.0395. The Morgan fingerprint density at radius 1 is 1.55 bits per heavy atom. The first-order valence-corrected chi connectivity index (χ1v) is 7.47. The van der Waals surface area contributed by atoms with Gasteiger partial charge < -0.3 is 14.9 Å². The highest BCUT2D eigenvalue weighted by Gasteiger charge is 2.09. The van der Waals surface area contributed by atoms with E-state index in [2.05, 4.69) is 10.3 Å². The van der Waals surface area contributed by atoms with E-state index in [0.29, 0.717) is 22.8 Å². The van der Waals surface area contributed by atoms with Crippen molar-refractivity contribution in [3.8, 4) is 0 Å². The van der Waals surface area contributed by atoms with Crippen LogP contribution in [0.4, 0.5) is 0 Å². The molecule has 0 bridgehead atoms. The van der Waals surface area contributed by atoms with Gasteiger partial charge in [-0.1, -0.05) is 18.5 Å². The fourth-order valence-corrected chi connectivity index (χ4v) is 2.48. The first-order chi connectivity index (χ1) is 9.51. The standard InChI is InChI=1S/C14H18ClN3OS/c1-3-9(2)16-13(19)6-7-18-12-8-10(15)4-5-11(12)17-14(18)20/h4-5,8-9H,3,6-7H2,1-2H3,(H,16,19)(H,17,20). The number of halogens is 1. The third-order valence-electron chi connectivity index (χ3n) is 3.32. The molecule has 0 saturated carbocycles. The van der Waals surface area contributed by atoms with Crippen LogP contribution in [0, 0.1) is 4.77 Å². The molecule has 2 rings (SSSR count). The van der Waals surface area contributed by atoms with Crippen molar-refractivity contribution in [1.82, 2.24) is 14.9 Å². The van der Waals surface area contributed by atoms with Crippen LogP contribution in [0.5, 0.6) is 0 Å². The van der Waals surface area contributed by atoms with Crippen molar-refractivity contribution < 1.29 is 4.79 Å². The van der Waals surface area contributed by atoms with Crippen LogP contribution in [0.1, 0.15) is 26.7 Å². The summed E-state index contributed by atoms with van der Waals surface area (Å²) in [6, 6.07) is 5.77. The molecule has 2 aromatic rings. The highest BCUT2D eigenvalue weighted by Crippen LogP contribution is 2.19. The summed E-state index contributed by atoms with van der Waals surface area (Å²) in [4.78, 5) is 14.9. The van der Waals surface area contributed by atoms with Crippen LogP contribution in [-0.4, -0.2) is 21.5 Å². The molecule has 1 aromatic carbocycles. The number of carbonyl (C=O) groups excluding carboxylic acids is 1. The number of fused-ring (bicyclic) bond motifs is 1. The summed E-state index contributed by atoms with van der Waals surface area (Å²) < 4.78 is 2.52. The number of benzene rings is 1. The summed E-state index contributed by atoms with van der Waals surface area (Å²) in [5.41, 5.74) is 1.86. The van der Waals surface area contributed by atoms with E-state index in [0.717, 1.165) is 17.5 Å². The maximum atomic E-state index is 11.8. The summed E-state index contributed by atoms with van der Waals surface area (Å²) in [5.74, 6) is 0.0395. The Morgan fingerprint density at radius 2 is 2.30 bits per heavy atom. The molecule has 2 N–H and O–H groups in total. The highest BCUT2D eigenvalue weighted by atomic mass is 35.5. The van der Waals surface area contributed by atoms with Crippen LogP contribution in [0.25, 0.3) is 11.0 Å². The second-order valence-corrected chi connectivity index (χ2v) is 5.69. The van der Waals surface area contributed by atoms with Gasteiger partial charge in [-0.05, 0) is 43.8 Å². The molecule has 1 unspecified atom stereocenters. The smallest absolute Gasteiger partial charge is 0.222 e. The third-order valence-corrected chi connectivity index (χ3v) is 3.88. The second kappa shape index (κ2) is 6.41. The zero-order chi connectivity index (χ0) is 14.7. The van der Waals surface area contributed by atoms with Gasteiger partial charge in [0.05, 0.1) is 11.0 Å². The monoisotopic (exact) mass is 311 g/mol. The Hall–Kier alpha value is -1.33. The van der Waals surface area contributed by atoms with Gasteiger partial charge in [-0.3, -0.25) is 4.79 Å². The SMILES string of the molecule is CCC(C)NC(=O)CCn1c(=S)[nH]c2ccc(Cl)cc21. The largest absolute Gasteiger partial charge is 0.354 e. The number of aromatic nitrogens is 2. The van der Waals surface area contributed by atoms with E-state index in [1.54, 1.807) is 0 Å². The number of aromatic amines is 1. The molecule has 0 aliphatic rings. The molecule has 0 aliphatic carbocycles. The van der Waals surface area contributed by atoms with E-state index < -0.39 is 0 Å². The first-order valence-electron chi connectivity index (χ1n) is 6.68. The molecule has 0 saturated heterocycles.